The van der Waals surface area contributed by atoms with Crippen molar-refractivity contribution in [3.8, 4) is 89.8 Å². The van der Waals surface area contributed by atoms with Crippen LogP contribution in [0.1, 0.15) is 0 Å². The van der Waals surface area contributed by atoms with Gasteiger partial charge in [0.05, 0.1) is 45.5 Å². The molecule has 0 spiro atoms. The lowest BCUT2D eigenvalue weighted by Crippen LogP contribution is -2.14. The SMILES string of the molecule is Fc1cc(-c2ccccc2)cc(-c2ccccc2)c1N(c1ccccc1)c1cc2c3cccc4c3c(cc2c2ccccc12)-c1ccc(N(c2ccccn2)c2ccccc2-c2ccccc2)cc1O4.c1ccc(-c2ccccc2N(c2ccc3c(c2)Oc2cccc4c2c-3cc2c3ccccc3c(N(c3ccccc3)c3cccc5c3oc3ccccc35)cc42)c2ccccn2)cc1. The van der Waals surface area contributed by atoms with E-state index in [1.54, 1.807) is 6.07 Å². The molecule has 26 rings (SSSR count). The molecule has 2 aliphatic heterocycles. The van der Waals surface area contributed by atoms with Crippen molar-refractivity contribution >= 4 is 155 Å². The maximum atomic E-state index is 17.7. The van der Waals surface area contributed by atoms with Crippen LogP contribution in [-0.2, 0) is 0 Å². The molecule has 0 unspecified atom stereocenters. The molecule has 24 aromatic rings. The van der Waals surface area contributed by atoms with Gasteiger partial charge in [0, 0.05) is 96.0 Å². The molecule has 2 aliphatic rings. The third kappa shape index (κ3) is 13.5. The first-order valence-electron chi connectivity index (χ1n) is 45.2. The van der Waals surface area contributed by atoms with E-state index in [4.69, 9.17) is 23.9 Å². The van der Waals surface area contributed by atoms with Gasteiger partial charge < -0.3 is 23.7 Å². The van der Waals surface area contributed by atoms with Crippen LogP contribution in [0.4, 0.5) is 72.9 Å². The van der Waals surface area contributed by atoms with Crippen molar-refractivity contribution in [2.45, 2.75) is 0 Å². The molecule has 9 nitrogen and oxygen atoms in total. The van der Waals surface area contributed by atoms with Gasteiger partial charge in [-0.2, -0.15) is 0 Å². The minimum atomic E-state index is -0.320. The highest BCUT2D eigenvalue weighted by Crippen LogP contribution is 2.58. The molecule has 0 aliphatic carbocycles. The third-order valence-electron chi connectivity index (χ3n) is 26.2. The molecule has 5 heterocycles. The van der Waals surface area contributed by atoms with Crippen molar-refractivity contribution in [1.29, 1.82) is 0 Å². The van der Waals surface area contributed by atoms with Gasteiger partial charge in [-0.25, -0.2) is 14.4 Å². The summed E-state index contributed by atoms with van der Waals surface area (Å²) in [7, 11) is 0. The number of rotatable bonds is 16. The van der Waals surface area contributed by atoms with Crippen molar-refractivity contribution in [2.24, 2.45) is 0 Å². The lowest BCUT2D eigenvalue weighted by atomic mass is 9.88. The lowest BCUT2D eigenvalue weighted by molar-refractivity contribution is 0.487. The molecule has 3 aromatic heterocycles. The second kappa shape index (κ2) is 32.9. The largest absolute Gasteiger partial charge is 0.456 e. The molecule has 0 saturated carbocycles. The standard InChI is InChI=1S/C65H42FN3O.C59H37N3O2/c66-58-39-46(43-20-5-1-6-21-43)38-54(45-24-9-3-10-25-45)65(58)69(47-26-11-4-12-27-47)60-42-56-53-31-19-33-61-64(53)57(41-55(56)50-29-13-14-30-51(50)60)52-36-35-48(40-62(52)70-61)68(63-34-17-18-37-67-63)59-32-16-15-28-49(59)44-22-7-2-8-23-44;1-3-17-38(18-4-1)41-21-9-11-27-51(41)62(57-31-13-14-34-60-57)40-32-33-45-50-36-48-42-22-7-8-23-43(42)53(37-49(48)46-25-16-30-55(58(46)50)63-56(45)35-40)61(39-19-5-2-6-20-39)52-28-15-26-47-44-24-10-12-29-54(44)64-59(47)52/h1-42H;1-37H. The Labute approximate surface area is 772 Å². The maximum Gasteiger partial charge on any atom is 0.159 e. The predicted molar refractivity (Wildman–Crippen MR) is 552 cm³/mol. The molecule has 0 radical (unpaired) electrons. The van der Waals surface area contributed by atoms with E-state index in [-0.39, 0.29) is 5.82 Å². The number of halogens is 1. The molecular weight excluding hydrogens is 1640 g/mol. The summed E-state index contributed by atoms with van der Waals surface area (Å²) in [6.07, 6.45) is 3.68. The number of aromatic nitrogens is 2. The van der Waals surface area contributed by atoms with Crippen LogP contribution in [0.3, 0.4) is 0 Å². The van der Waals surface area contributed by atoms with Gasteiger partial charge in [0.2, 0.25) is 0 Å². The molecular formula is C124H79FN6O3. The van der Waals surface area contributed by atoms with Gasteiger partial charge in [0.25, 0.3) is 0 Å². The zero-order valence-corrected chi connectivity index (χ0v) is 72.4. The van der Waals surface area contributed by atoms with Crippen LogP contribution in [0.5, 0.6) is 23.0 Å². The Balaban J connectivity index is 0.000000144. The van der Waals surface area contributed by atoms with Crippen molar-refractivity contribution < 1.29 is 18.3 Å². The number of para-hydroxylation sites is 6. The number of furan rings is 1. The summed E-state index contributed by atoms with van der Waals surface area (Å²) in [5.41, 5.74) is 23.1. The predicted octanol–water partition coefficient (Wildman–Crippen LogP) is 35.2. The van der Waals surface area contributed by atoms with E-state index in [0.29, 0.717) is 5.69 Å². The van der Waals surface area contributed by atoms with Gasteiger partial charge >= 0.3 is 0 Å². The summed E-state index contributed by atoms with van der Waals surface area (Å²) in [5, 5.41) is 15.3. The van der Waals surface area contributed by atoms with E-state index in [1.807, 2.05) is 128 Å². The van der Waals surface area contributed by atoms with Crippen molar-refractivity contribution in [2.75, 3.05) is 19.6 Å². The van der Waals surface area contributed by atoms with E-state index >= 15 is 4.39 Å². The zero-order valence-electron chi connectivity index (χ0n) is 72.4. The van der Waals surface area contributed by atoms with Gasteiger partial charge in [0.15, 0.2) is 5.58 Å². The van der Waals surface area contributed by atoms with Crippen molar-refractivity contribution in [3.63, 3.8) is 0 Å². The Hall–Kier alpha value is -18.0. The molecule has 630 valence electrons. The third-order valence-corrected chi connectivity index (χ3v) is 26.2. The number of pyridine rings is 2. The summed E-state index contributed by atoms with van der Waals surface area (Å²) in [6, 6.07) is 162. The van der Waals surface area contributed by atoms with E-state index < -0.39 is 0 Å². The molecule has 0 atom stereocenters. The summed E-state index contributed by atoms with van der Waals surface area (Å²) in [5.74, 6) is 4.45. The highest BCUT2D eigenvalue weighted by molar-refractivity contribution is 6.28. The molecule has 0 fully saturated rings. The van der Waals surface area contributed by atoms with E-state index in [9.17, 15) is 0 Å². The maximum absolute atomic E-state index is 17.7. The molecule has 10 heteroatoms. The van der Waals surface area contributed by atoms with Crippen LogP contribution < -0.4 is 29.1 Å². The number of anilines is 12. The van der Waals surface area contributed by atoms with Crippen molar-refractivity contribution in [3.05, 3.63) is 485 Å². The molecule has 134 heavy (non-hydrogen) atoms. The molecule has 0 saturated heterocycles. The fraction of sp³-hybridized carbons (Fsp3) is 0. The van der Waals surface area contributed by atoms with Crippen LogP contribution >= 0.6 is 0 Å². The Morgan fingerprint density at radius 2 is 0.590 bits per heavy atom. The Bertz CT molecular complexity index is 8710. The van der Waals surface area contributed by atoms with Crippen LogP contribution in [-0.4, -0.2) is 9.97 Å². The molecule has 0 N–H and O–H groups in total. The molecule has 0 bridgehead atoms. The smallest absolute Gasteiger partial charge is 0.159 e. The number of ether oxygens (including phenoxy) is 2. The van der Waals surface area contributed by atoms with Gasteiger partial charge in [-0.1, -0.05) is 309 Å². The number of hydrogen-bond donors (Lipinski definition) is 0. The Morgan fingerprint density at radius 3 is 1.09 bits per heavy atom. The average molecular weight is 1720 g/mol. The molecule has 21 aromatic carbocycles. The summed E-state index contributed by atoms with van der Waals surface area (Å²) in [4.78, 5) is 18.6. The second-order valence-electron chi connectivity index (χ2n) is 33.8. The number of fused-ring (bicyclic) bond motifs is 15. The van der Waals surface area contributed by atoms with Gasteiger partial charge in [0.1, 0.15) is 46.0 Å². The quantitative estimate of drug-likeness (QED) is 0.0880. The Kier molecular flexibility index (Phi) is 19.2. The highest BCUT2D eigenvalue weighted by atomic mass is 19.1. The topological polar surface area (TPSA) is 70.3 Å². The van der Waals surface area contributed by atoms with E-state index in [2.05, 4.69) is 365 Å². The number of hydrogen-bond acceptors (Lipinski definition) is 9. The van der Waals surface area contributed by atoms with Gasteiger partial charge in [-0.15, -0.1) is 0 Å². The van der Waals surface area contributed by atoms with Crippen LogP contribution in [0, 0.1) is 5.82 Å². The normalized spacial score (nSPS) is 11.7. The average Bonchev–Trinajstić information content (AvgIpc) is 0.822. The highest BCUT2D eigenvalue weighted by Gasteiger charge is 2.33. The first-order valence-corrected chi connectivity index (χ1v) is 45.2. The summed E-state index contributed by atoms with van der Waals surface area (Å²) in [6.45, 7) is 0. The Morgan fingerprint density at radius 1 is 0.201 bits per heavy atom. The van der Waals surface area contributed by atoms with Gasteiger partial charge in [-0.05, 0) is 228 Å². The number of nitrogens with zero attached hydrogens (tertiary/aromatic N) is 6. The fourth-order valence-electron chi connectivity index (χ4n) is 20.3. The van der Waals surface area contributed by atoms with Gasteiger partial charge in [-0.3, -0.25) is 9.80 Å². The first kappa shape index (κ1) is 78.3. The second-order valence-corrected chi connectivity index (χ2v) is 33.8. The zero-order chi connectivity index (χ0) is 88.7. The van der Waals surface area contributed by atoms with E-state index in [1.165, 1.54) is 10.8 Å². The summed E-state index contributed by atoms with van der Waals surface area (Å²) < 4.78 is 38.4. The minimum Gasteiger partial charge on any atom is -0.456 e. The lowest BCUT2D eigenvalue weighted by Gasteiger charge is -2.31. The summed E-state index contributed by atoms with van der Waals surface area (Å²) >= 11 is 0. The van der Waals surface area contributed by atoms with Crippen molar-refractivity contribution in [1.82, 2.24) is 9.97 Å². The van der Waals surface area contributed by atoms with Crippen LogP contribution in [0.25, 0.3) is 153 Å². The fourth-order valence-corrected chi connectivity index (χ4v) is 20.3. The number of benzene rings is 21. The molecule has 0 amide bonds. The van der Waals surface area contributed by atoms with E-state index in [0.717, 1.165) is 228 Å². The van der Waals surface area contributed by atoms with Crippen LogP contribution in [0.2, 0.25) is 0 Å². The monoisotopic (exact) mass is 1720 g/mol. The minimum absolute atomic E-state index is 0.320. The van der Waals surface area contributed by atoms with Crippen LogP contribution in [0.15, 0.2) is 484 Å². The first-order chi connectivity index (χ1) is 66.4.